The minimum absolute atomic E-state index is 0.292. The summed E-state index contributed by atoms with van der Waals surface area (Å²) in [5.74, 6) is -0.292. The fourth-order valence-corrected chi connectivity index (χ4v) is 3.58. The monoisotopic (exact) mass is 405 g/mol. The maximum Gasteiger partial charge on any atom is 0.573 e. The summed E-state index contributed by atoms with van der Waals surface area (Å²) in [5.41, 5.74) is 3.03. The van der Waals surface area contributed by atoms with Gasteiger partial charge in [-0.1, -0.05) is 12.1 Å². The van der Waals surface area contributed by atoms with Crippen LogP contribution in [0, 0.1) is 0 Å². The first-order chi connectivity index (χ1) is 13.3. The molecule has 2 N–H and O–H groups in total. The molecule has 4 aromatic rings. The summed E-state index contributed by atoms with van der Waals surface area (Å²) in [6.45, 7) is 0.461. The molecule has 0 bridgehead atoms. The molecule has 0 aliphatic rings. The molecule has 28 heavy (non-hydrogen) atoms. The van der Waals surface area contributed by atoms with Crippen molar-refractivity contribution in [2.45, 2.75) is 17.8 Å². The van der Waals surface area contributed by atoms with Crippen LogP contribution in [0.5, 0.6) is 5.75 Å². The fourth-order valence-electron chi connectivity index (χ4n) is 3.17. The highest BCUT2D eigenvalue weighted by Crippen LogP contribution is 2.33. The predicted octanol–water partition coefficient (Wildman–Crippen LogP) is 4.12. The first-order valence-electron chi connectivity index (χ1n) is 8.20. The van der Waals surface area contributed by atoms with E-state index in [1.165, 1.54) is 12.1 Å². The number of hydrogen-bond donors (Lipinski definition) is 1. The number of halogens is 3. The topological polar surface area (TPSA) is 70.1 Å². The molecule has 2 heterocycles. The number of aromatic nitrogens is 2. The van der Waals surface area contributed by atoms with Crippen LogP contribution in [0.1, 0.15) is 5.56 Å². The number of alkyl halides is 3. The predicted molar refractivity (Wildman–Crippen MR) is 100 cm³/mol. The molecule has 0 saturated heterocycles. The van der Waals surface area contributed by atoms with E-state index in [1.54, 1.807) is 30.5 Å². The van der Waals surface area contributed by atoms with Gasteiger partial charge < -0.3 is 9.30 Å². The second-order valence-corrected chi connectivity index (χ2v) is 7.19. The van der Waals surface area contributed by atoms with Crippen LogP contribution in [-0.2, 0) is 17.5 Å². The third-order valence-corrected chi connectivity index (χ3v) is 5.06. The molecule has 0 radical (unpaired) electrons. The van der Waals surface area contributed by atoms with Crippen LogP contribution in [0.3, 0.4) is 0 Å². The Bertz CT molecular complexity index is 1190. The van der Waals surface area contributed by atoms with E-state index in [2.05, 4.69) is 9.72 Å². The third kappa shape index (κ3) is 3.58. The fraction of sp³-hybridized carbons (Fsp3) is 0.105. The molecule has 4 rings (SSSR count). The molecule has 2 aromatic carbocycles. The van der Waals surface area contributed by atoms with Crippen molar-refractivity contribution in [2.24, 2.45) is 5.14 Å². The van der Waals surface area contributed by atoms with Crippen LogP contribution in [0.25, 0.3) is 21.9 Å². The maximum absolute atomic E-state index is 12.6. The quantitative estimate of drug-likeness (QED) is 0.555. The smallest absolute Gasteiger partial charge is 0.406 e. The first kappa shape index (κ1) is 18.5. The summed E-state index contributed by atoms with van der Waals surface area (Å²) in [6, 6.07) is 14.8. The van der Waals surface area contributed by atoms with E-state index in [1.807, 2.05) is 22.8 Å². The molecule has 1 atom stereocenters. The molecule has 2 aromatic heterocycles. The van der Waals surface area contributed by atoms with E-state index >= 15 is 0 Å². The lowest BCUT2D eigenvalue weighted by Gasteiger charge is -2.10. The van der Waals surface area contributed by atoms with Gasteiger partial charge in [0, 0.05) is 18.1 Å². The van der Waals surface area contributed by atoms with Gasteiger partial charge in [0.15, 0.2) is 0 Å². The van der Waals surface area contributed by atoms with E-state index in [9.17, 15) is 17.4 Å². The Morgan fingerprint density at radius 3 is 2.50 bits per heavy atom. The molecular weight excluding hydrogens is 391 g/mol. The molecule has 5 nitrogen and oxygen atoms in total. The van der Waals surface area contributed by atoms with Gasteiger partial charge in [-0.25, -0.2) is 9.35 Å². The van der Waals surface area contributed by atoms with Crippen molar-refractivity contribution in [1.82, 2.24) is 9.55 Å². The lowest BCUT2D eigenvalue weighted by molar-refractivity contribution is -0.274. The van der Waals surface area contributed by atoms with Crippen LogP contribution in [0.2, 0.25) is 0 Å². The highest BCUT2D eigenvalue weighted by Gasteiger charge is 2.31. The van der Waals surface area contributed by atoms with Crippen LogP contribution < -0.4 is 9.88 Å². The van der Waals surface area contributed by atoms with E-state index in [-0.39, 0.29) is 5.75 Å². The highest BCUT2D eigenvalue weighted by atomic mass is 32.2. The standard InChI is InChI=1S/C19H14F3N3O2S/c20-19(21,22)27-13-5-8-16-15(10-13)18-17(2-1-9-24-18)25(16)11-12-3-6-14(7-4-12)28(23)26/h1-10H,11,23H2. The minimum Gasteiger partial charge on any atom is -0.406 e. The van der Waals surface area contributed by atoms with Gasteiger partial charge in [-0.15, -0.1) is 13.2 Å². The van der Waals surface area contributed by atoms with Gasteiger partial charge in [0.05, 0.1) is 21.4 Å². The summed E-state index contributed by atoms with van der Waals surface area (Å²) in [7, 11) is -1.55. The number of fused-ring (bicyclic) bond motifs is 3. The van der Waals surface area contributed by atoms with Crippen molar-refractivity contribution in [3.63, 3.8) is 0 Å². The largest absolute Gasteiger partial charge is 0.573 e. The van der Waals surface area contributed by atoms with E-state index in [4.69, 9.17) is 5.14 Å². The number of rotatable bonds is 4. The number of nitrogens with zero attached hydrogens (tertiary/aromatic N) is 2. The molecule has 0 spiro atoms. The molecule has 9 heteroatoms. The number of nitrogens with two attached hydrogens (primary N) is 1. The zero-order chi connectivity index (χ0) is 19.9. The Morgan fingerprint density at radius 1 is 1.07 bits per heavy atom. The Labute approximate surface area is 160 Å². The zero-order valence-corrected chi connectivity index (χ0v) is 15.1. The number of benzene rings is 2. The molecular formula is C19H14F3N3O2S. The number of pyridine rings is 1. The molecule has 1 unspecified atom stereocenters. The Hall–Kier alpha value is -2.91. The Morgan fingerprint density at radius 2 is 1.82 bits per heavy atom. The van der Waals surface area contributed by atoms with Crippen molar-refractivity contribution in [2.75, 3.05) is 0 Å². The van der Waals surface area contributed by atoms with Crippen LogP contribution >= 0.6 is 0 Å². The SMILES string of the molecule is NS(=O)c1ccc(Cn2c3ccc(OC(F)(F)F)cc3c3ncccc32)cc1. The lowest BCUT2D eigenvalue weighted by Crippen LogP contribution is -2.17. The Kier molecular flexibility index (Phi) is 4.56. The zero-order valence-electron chi connectivity index (χ0n) is 14.3. The molecule has 0 fully saturated rings. The van der Waals surface area contributed by atoms with Crippen molar-refractivity contribution in [3.8, 4) is 5.75 Å². The molecule has 144 valence electrons. The van der Waals surface area contributed by atoms with Crippen molar-refractivity contribution in [1.29, 1.82) is 0 Å². The van der Waals surface area contributed by atoms with Gasteiger partial charge >= 0.3 is 6.36 Å². The number of hydrogen-bond acceptors (Lipinski definition) is 3. The maximum atomic E-state index is 12.6. The average molecular weight is 405 g/mol. The van der Waals surface area contributed by atoms with Crippen molar-refractivity contribution in [3.05, 3.63) is 66.4 Å². The summed E-state index contributed by atoms with van der Waals surface area (Å²) in [5, 5.41) is 5.94. The highest BCUT2D eigenvalue weighted by molar-refractivity contribution is 7.82. The molecule has 0 aliphatic heterocycles. The summed E-state index contributed by atoms with van der Waals surface area (Å²) < 4.78 is 55.0. The van der Waals surface area contributed by atoms with Crippen LogP contribution in [0.15, 0.2) is 65.7 Å². The Balaban J connectivity index is 1.81. The van der Waals surface area contributed by atoms with E-state index in [0.717, 1.165) is 16.6 Å². The summed E-state index contributed by atoms with van der Waals surface area (Å²) in [4.78, 5) is 4.85. The van der Waals surface area contributed by atoms with E-state index < -0.39 is 17.3 Å². The van der Waals surface area contributed by atoms with Gasteiger partial charge in [0.25, 0.3) is 0 Å². The second kappa shape index (κ2) is 6.92. The molecule has 0 amide bonds. The summed E-state index contributed by atoms with van der Waals surface area (Å²) in [6.07, 6.45) is -3.17. The lowest BCUT2D eigenvalue weighted by atomic mass is 10.2. The van der Waals surface area contributed by atoms with Crippen LogP contribution in [0.4, 0.5) is 13.2 Å². The van der Waals surface area contributed by atoms with Crippen molar-refractivity contribution < 1.29 is 22.1 Å². The van der Waals surface area contributed by atoms with Gasteiger partial charge in [0.2, 0.25) is 0 Å². The van der Waals surface area contributed by atoms with E-state index in [0.29, 0.717) is 22.3 Å². The average Bonchev–Trinajstić information content (AvgIpc) is 2.94. The van der Waals surface area contributed by atoms with Crippen molar-refractivity contribution >= 4 is 32.9 Å². The first-order valence-corrected chi connectivity index (χ1v) is 9.41. The van der Waals surface area contributed by atoms with Gasteiger partial charge in [-0.2, -0.15) is 0 Å². The number of ether oxygens (including phenoxy) is 1. The van der Waals surface area contributed by atoms with Gasteiger partial charge in [-0.05, 0) is 48.0 Å². The van der Waals surface area contributed by atoms with Gasteiger partial charge in [0.1, 0.15) is 16.7 Å². The normalized spacial score (nSPS) is 13.1. The summed E-state index contributed by atoms with van der Waals surface area (Å²) >= 11 is 0. The van der Waals surface area contributed by atoms with Gasteiger partial charge in [-0.3, -0.25) is 4.98 Å². The molecule has 0 aliphatic carbocycles. The minimum atomic E-state index is -4.76. The third-order valence-electron chi connectivity index (χ3n) is 4.32. The molecule has 0 saturated carbocycles. The van der Waals surface area contributed by atoms with Crippen LogP contribution in [-0.4, -0.2) is 20.1 Å². The second-order valence-electron chi connectivity index (χ2n) is 6.13.